The molecule has 4 rings (SSSR count). The molecule has 0 aromatic heterocycles. The van der Waals surface area contributed by atoms with Crippen molar-refractivity contribution in [3.05, 3.63) is 59.7 Å². The number of rotatable bonds is 4. The van der Waals surface area contributed by atoms with Crippen molar-refractivity contribution in [3.63, 3.8) is 0 Å². The maximum absolute atomic E-state index is 12.3. The molecule has 0 atom stereocenters. The number of carbonyl (C=O) groups excluding carboxylic acids is 2. The molecule has 0 radical (unpaired) electrons. The van der Waals surface area contributed by atoms with Gasteiger partial charge in [-0.15, -0.1) is 0 Å². The summed E-state index contributed by atoms with van der Waals surface area (Å²) in [6, 6.07) is 15.1. The van der Waals surface area contributed by atoms with E-state index in [1.807, 2.05) is 48.5 Å². The molecule has 0 spiro atoms. The van der Waals surface area contributed by atoms with E-state index in [0.29, 0.717) is 64.1 Å². The highest BCUT2D eigenvalue weighted by Gasteiger charge is 2.25. The highest BCUT2D eigenvalue weighted by Crippen LogP contribution is 2.33. The molecule has 33 heavy (non-hydrogen) atoms. The van der Waals surface area contributed by atoms with E-state index in [4.69, 9.17) is 18.9 Å². The van der Waals surface area contributed by atoms with Gasteiger partial charge in [0.15, 0.2) is 0 Å². The Hall–Kier alpha value is -3.10. The molecule has 176 valence electrons. The van der Waals surface area contributed by atoms with Crippen LogP contribution in [0.25, 0.3) is 0 Å². The van der Waals surface area contributed by atoms with Gasteiger partial charge in [-0.1, -0.05) is 38.1 Å². The van der Waals surface area contributed by atoms with Gasteiger partial charge in [0.05, 0.1) is 26.4 Å². The second kappa shape index (κ2) is 10.2. The summed E-state index contributed by atoms with van der Waals surface area (Å²) in [6.45, 7) is 8.56. The van der Waals surface area contributed by atoms with E-state index in [9.17, 15) is 9.59 Å². The summed E-state index contributed by atoms with van der Waals surface area (Å²) in [6.07, 6.45) is -0.708. The summed E-state index contributed by atoms with van der Waals surface area (Å²) in [7, 11) is 0. The van der Waals surface area contributed by atoms with Crippen molar-refractivity contribution in [2.45, 2.75) is 19.3 Å². The van der Waals surface area contributed by atoms with Gasteiger partial charge >= 0.3 is 12.2 Å². The molecule has 0 bridgehead atoms. The minimum absolute atomic E-state index is 0.292. The molecule has 2 aromatic rings. The van der Waals surface area contributed by atoms with Gasteiger partial charge in [-0.2, -0.15) is 0 Å². The zero-order chi connectivity index (χ0) is 23.3. The third-order valence-electron chi connectivity index (χ3n) is 6.10. The fourth-order valence-corrected chi connectivity index (χ4v) is 3.87. The lowest BCUT2D eigenvalue weighted by atomic mass is 9.78. The largest absolute Gasteiger partial charge is 0.415 e. The van der Waals surface area contributed by atoms with Crippen LogP contribution in [-0.4, -0.2) is 74.6 Å². The minimum atomic E-state index is -0.354. The van der Waals surface area contributed by atoms with E-state index >= 15 is 0 Å². The first-order valence-electron chi connectivity index (χ1n) is 11.2. The summed E-state index contributed by atoms with van der Waals surface area (Å²) in [5.74, 6) is 1.02. The first-order valence-corrected chi connectivity index (χ1v) is 11.2. The Labute approximate surface area is 194 Å². The van der Waals surface area contributed by atoms with Crippen LogP contribution in [0.15, 0.2) is 48.5 Å². The average molecular weight is 455 g/mol. The lowest BCUT2D eigenvalue weighted by molar-refractivity contribution is 0.0415. The van der Waals surface area contributed by atoms with Crippen LogP contribution in [0.2, 0.25) is 0 Å². The van der Waals surface area contributed by atoms with Crippen molar-refractivity contribution in [3.8, 4) is 11.5 Å². The third-order valence-corrected chi connectivity index (χ3v) is 6.10. The zero-order valence-corrected chi connectivity index (χ0v) is 19.1. The number of amides is 2. The Kier molecular flexibility index (Phi) is 7.15. The van der Waals surface area contributed by atoms with E-state index in [1.165, 1.54) is 0 Å². The molecule has 2 aliphatic heterocycles. The van der Waals surface area contributed by atoms with Crippen molar-refractivity contribution in [2.24, 2.45) is 0 Å². The van der Waals surface area contributed by atoms with Gasteiger partial charge in [0.25, 0.3) is 0 Å². The van der Waals surface area contributed by atoms with E-state index in [-0.39, 0.29) is 17.6 Å². The second-order valence-electron chi connectivity index (χ2n) is 8.61. The monoisotopic (exact) mass is 454 g/mol. The highest BCUT2D eigenvalue weighted by atomic mass is 16.6. The quantitative estimate of drug-likeness (QED) is 0.702. The predicted octanol–water partition coefficient (Wildman–Crippen LogP) is 3.67. The fraction of sp³-hybridized carbons (Fsp3) is 0.440. The molecule has 8 heteroatoms. The Balaban J connectivity index is 1.37. The molecule has 2 fully saturated rings. The van der Waals surface area contributed by atoms with E-state index in [0.717, 1.165) is 11.1 Å². The number of benzene rings is 2. The van der Waals surface area contributed by atoms with Crippen LogP contribution < -0.4 is 9.47 Å². The summed E-state index contributed by atoms with van der Waals surface area (Å²) in [5, 5.41) is 0. The number of carbonyl (C=O) groups is 2. The Morgan fingerprint density at radius 2 is 1.00 bits per heavy atom. The standard InChI is InChI=1S/C25H30N2O6/c1-25(2,19-3-7-21(8-4-19)32-23(28)26-11-15-30-16-12-26)20-5-9-22(10-6-20)33-24(29)27-13-17-31-18-14-27/h3-10H,11-18H2,1-2H3. The molecule has 0 aliphatic carbocycles. The highest BCUT2D eigenvalue weighted by molar-refractivity contribution is 5.71. The van der Waals surface area contributed by atoms with Gasteiger partial charge in [-0.05, 0) is 35.4 Å². The minimum Gasteiger partial charge on any atom is -0.410 e. The summed E-state index contributed by atoms with van der Waals surface area (Å²) >= 11 is 0. The van der Waals surface area contributed by atoms with Gasteiger partial charge in [-0.3, -0.25) is 0 Å². The molecule has 2 heterocycles. The van der Waals surface area contributed by atoms with Crippen molar-refractivity contribution >= 4 is 12.2 Å². The van der Waals surface area contributed by atoms with Crippen molar-refractivity contribution in [1.29, 1.82) is 0 Å². The summed E-state index contributed by atoms with van der Waals surface area (Å²) in [5.41, 5.74) is 1.86. The number of ether oxygens (including phenoxy) is 4. The first kappa shape index (κ1) is 23.1. The topological polar surface area (TPSA) is 77.5 Å². The molecule has 0 N–H and O–H groups in total. The number of morpholine rings is 2. The predicted molar refractivity (Wildman–Crippen MR) is 122 cm³/mol. The van der Waals surface area contributed by atoms with Crippen LogP contribution in [-0.2, 0) is 14.9 Å². The van der Waals surface area contributed by atoms with Crippen LogP contribution >= 0.6 is 0 Å². The molecule has 8 nitrogen and oxygen atoms in total. The van der Waals surface area contributed by atoms with Gasteiger partial charge in [0.1, 0.15) is 11.5 Å². The molecule has 2 saturated heterocycles. The average Bonchev–Trinajstić information content (AvgIpc) is 2.86. The van der Waals surface area contributed by atoms with Crippen molar-refractivity contribution in [2.75, 3.05) is 52.6 Å². The van der Waals surface area contributed by atoms with Crippen LogP contribution in [0.4, 0.5) is 9.59 Å². The van der Waals surface area contributed by atoms with Crippen LogP contribution in [0.5, 0.6) is 11.5 Å². The zero-order valence-electron chi connectivity index (χ0n) is 19.1. The SMILES string of the molecule is CC(C)(c1ccc(OC(=O)N2CCOCC2)cc1)c1ccc(OC(=O)N2CCOCC2)cc1. The number of hydrogen-bond donors (Lipinski definition) is 0. The Bertz CT molecular complexity index is 868. The van der Waals surface area contributed by atoms with Gasteiger partial charge < -0.3 is 28.7 Å². The third kappa shape index (κ3) is 5.64. The van der Waals surface area contributed by atoms with Crippen molar-refractivity contribution < 1.29 is 28.5 Å². The Morgan fingerprint density at radius 1 is 0.667 bits per heavy atom. The molecular formula is C25H30N2O6. The smallest absolute Gasteiger partial charge is 0.410 e. The van der Waals surface area contributed by atoms with Gasteiger partial charge in [0, 0.05) is 31.6 Å². The van der Waals surface area contributed by atoms with Gasteiger partial charge in [-0.25, -0.2) is 9.59 Å². The summed E-state index contributed by atoms with van der Waals surface area (Å²) < 4.78 is 21.5. The van der Waals surface area contributed by atoms with E-state index < -0.39 is 0 Å². The molecule has 0 saturated carbocycles. The molecule has 0 unspecified atom stereocenters. The van der Waals surface area contributed by atoms with E-state index in [1.54, 1.807) is 9.80 Å². The molecular weight excluding hydrogens is 424 g/mol. The molecule has 2 amide bonds. The lowest BCUT2D eigenvalue weighted by Gasteiger charge is -2.28. The molecule has 2 aliphatic rings. The second-order valence-corrected chi connectivity index (χ2v) is 8.61. The van der Waals surface area contributed by atoms with Crippen LogP contribution in [0, 0.1) is 0 Å². The number of hydrogen-bond acceptors (Lipinski definition) is 6. The lowest BCUT2D eigenvalue weighted by Crippen LogP contribution is -2.42. The first-order chi connectivity index (χ1) is 15.9. The fourth-order valence-electron chi connectivity index (χ4n) is 3.87. The van der Waals surface area contributed by atoms with Crippen LogP contribution in [0.1, 0.15) is 25.0 Å². The maximum Gasteiger partial charge on any atom is 0.415 e. The Morgan fingerprint density at radius 3 is 1.33 bits per heavy atom. The normalized spacial score (nSPS) is 16.9. The molecule has 2 aromatic carbocycles. The van der Waals surface area contributed by atoms with Gasteiger partial charge in [0.2, 0.25) is 0 Å². The van der Waals surface area contributed by atoms with E-state index in [2.05, 4.69) is 13.8 Å². The maximum atomic E-state index is 12.3. The summed E-state index contributed by atoms with van der Waals surface area (Å²) in [4.78, 5) is 27.9. The number of nitrogens with zero attached hydrogens (tertiary/aromatic N) is 2. The van der Waals surface area contributed by atoms with Crippen LogP contribution in [0.3, 0.4) is 0 Å². The van der Waals surface area contributed by atoms with Crippen molar-refractivity contribution in [1.82, 2.24) is 9.80 Å².